The van der Waals surface area contributed by atoms with E-state index in [1.807, 2.05) is 24.3 Å². The van der Waals surface area contributed by atoms with Crippen LogP contribution in [0.5, 0.6) is 0 Å². The molecule has 1 N–H and O–H groups in total. The van der Waals surface area contributed by atoms with Crippen LogP contribution in [0, 0.1) is 5.92 Å². The van der Waals surface area contributed by atoms with Gasteiger partial charge in [0.1, 0.15) is 0 Å². The first-order chi connectivity index (χ1) is 10.8. The summed E-state index contributed by atoms with van der Waals surface area (Å²) in [5, 5.41) is 6.97. The van der Waals surface area contributed by atoms with E-state index in [1.165, 1.54) is 5.56 Å². The number of hydrogen-bond donors (Lipinski definition) is 1. The molecule has 1 aliphatic rings. The molecule has 1 amide bonds. The molecule has 4 nitrogen and oxygen atoms in total. The number of fused-ring (bicyclic) bond motifs is 1. The third-order valence-corrected chi connectivity index (χ3v) is 4.54. The second-order valence-electron chi connectivity index (χ2n) is 7.57. The van der Waals surface area contributed by atoms with Crippen LogP contribution in [0.3, 0.4) is 0 Å². The van der Waals surface area contributed by atoms with Crippen LogP contribution < -0.4 is 5.32 Å². The topological polar surface area (TPSA) is 55.1 Å². The Kier molecular flexibility index (Phi) is 4.00. The summed E-state index contributed by atoms with van der Waals surface area (Å²) >= 11 is 0. The van der Waals surface area contributed by atoms with Crippen LogP contribution in [0.15, 0.2) is 28.8 Å². The van der Waals surface area contributed by atoms with Gasteiger partial charge in [0, 0.05) is 11.1 Å². The van der Waals surface area contributed by atoms with E-state index in [0.717, 1.165) is 30.5 Å². The molecule has 3 rings (SSSR count). The van der Waals surface area contributed by atoms with Crippen molar-refractivity contribution < 1.29 is 9.32 Å². The molecule has 0 saturated heterocycles. The maximum absolute atomic E-state index is 12.4. The average Bonchev–Trinajstić information content (AvgIpc) is 2.89. The van der Waals surface area contributed by atoms with Crippen LogP contribution in [0.25, 0.3) is 0 Å². The third-order valence-electron chi connectivity index (χ3n) is 4.54. The molecule has 1 aromatic carbocycles. The van der Waals surface area contributed by atoms with E-state index < -0.39 is 0 Å². The maximum atomic E-state index is 12.4. The molecule has 23 heavy (non-hydrogen) atoms. The van der Waals surface area contributed by atoms with Crippen molar-refractivity contribution in [3.8, 4) is 0 Å². The van der Waals surface area contributed by atoms with Gasteiger partial charge in [-0.05, 0) is 48.3 Å². The molecule has 0 saturated carbocycles. The van der Waals surface area contributed by atoms with E-state index in [-0.39, 0.29) is 11.3 Å². The first kappa shape index (κ1) is 15.8. The quantitative estimate of drug-likeness (QED) is 0.897. The number of hydrogen-bond acceptors (Lipinski definition) is 3. The molecule has 0 spiro atoms. The lowest BCUT2D eigenvalue weighted by atomic mass is 9.86. The Labute approximate surface area is 137 Å². The molecule has 0 radical (unpaired) electrons. The van der Waals surface area contributed by atoms with Crippen molar-refractivity contribution in [3.63, 3.8) is 0 Å². The fourth-order valence-corrected chi connectivity index (χ4v) is 2.98. The fraction of sp³-hybridized carbons (Fsp3) is 0.474. The van der Waals surface area contributed by atoms with Gasteiger partial charge in [0.15, 0.2) is 0 Å². The number of aromatic nitrogens is 1. The summed E-state index contributed by atoms with van der Waals surface area (Å²) in [6.45, 7) is 8.69. The third kappa shape index (κ3) is 3.31. The highest BCUT2D eigenvalue weighted by Crippen LogP contribution is 2.31. The number of nitrogens with one attached hydrogen (secondary N) is 1. The zero-order valence-electron chi connectivity index (χ0n) is 14.3. The zero-order valence-corrected chi connectivity index (χ0v) is 14.3. The number of anilines is 1. The SMILES string of the molecule is C[C@H]1CCc2noc(NC(=O)c3ccc(C(C)(C)C)cc3)c2C1. The Bertz CT molecular complexity index is 708. The van der Waals surface area contributed by atoms with Gasteiger partial charge in [0.25, 0.3) is 5.91 Å². The van der Waals surface area contributed by atoms with E-state index in [2.05, 4.69) is 38.2 Å². The minimum Gasteiger partial charge on any atom is -0.338 e. The van der Waals surface area contributed by atoms with Gasteiger partial charge < -0.3 is 4.52 Å². The van der Waals surface area contributed by atoms with E-state index in [0.29, 0.717) is 17.4 Å². The standard InChI is InChI=1S/C19H24N2O2/c1-12-5-10-16-15(11-12)18(23-21-16)20-17(22)13-6-8-14(9-7-13)19(2,3)4/h6-9,12H,5,10-11H2,1-4H3,(H,20,22)/t12-/m0/s1. The number of carbonyl (C=O) groups excluding carboxylic acids is 1. The van der Waals surface area contributed by atoms with Gasteiger partial charge in [0.05, 0.1) is 5.69 Å². The van der Waals surface area contributed by atoms with Crippen molar-refractivity contribution in [1.82, 2.24) is 5.16 Å². The highest BCUT2D eigenvalue weighted by molar-refractivity contribution is 6.03. The van der Waals surface area contributed by atoms with Gasteiger partial charge in [-0.3, -0.25) is 10.1 Å². The Morgan fingerprint density at radius 2 is 1.96 bits per heavy atom. The van der Waals surface area contributed by atoms with Crippen molar-refractivity contribution in [2.75, 3.05) is 5.32 Å². The first-order valence-electron chi connectivity index (χ1n) is 8.24. The highest BCUT2D eigenvalue weighted by atomic mass is 16.5. The van der Waals surface area contributed by atoms with Crippen LogP contribution in [-0.2, 0) is 18.3 Å². The molecule has 1 aliphatic carbocycles. The van der Waals surface area contributed by atoms with Crippen molar-refractivity contribution in [1.29, 1.82) is 0 Å². The lowest BCUT2D eigenvalue weighted by Crippen LogP contribution is -2.16. The van der Waals surface area contributed by atoms with Gasteiger partial charge in [-0.2, -0.15) is 0 Å². The Hall–Kier alpha value is -2.10. The number of amides is 1. The smallest absolute Gasteiger partial charge is 0.258 e. The molecule has 0 fully saturated rings. The Balaban J connectivity index is 1.76. The molecule has 1 atom stereocenters. The second kappa shape index (κ2) is 5.84. The summed E-state index contributed by atoms with van der Waals surface area (Å²) in [5.41, 5.74) is 3.96. The second-order valence-corrected chi connectivity index (χ2v) is 7.57. The Morgan fingerprint density at radius 3 is 2.61 bits per heavy atom. The predicted molar refractivity (Wildman–Crippen MR) is 90.8 cm³/mol. The summed E-state index contributed by atoms with van der Waals surface area (Å²) in [5.74, 6) is 0.961. The van der Waals surface area contributed by atoms with E-state index in [9.17, 15) is 4.79 Å². The van der Waals surface area contributed by atoms with E-state index in [1.54, 1.807) is 0 Å². The van der Waals surface area contributed by atoms with Crippen molar-refractivity contribution in [3.05, 3.63) is 46.6 Å². The first-order valence-corrected chi connectivity index (χ1v) is 8.24. The summed E-state index contributed by atoms with van der Waals surface area (Å²) in [6, 6.07) is 7.74. The number of rotatable bonds is 2. The van der Waals surface area contributed by atoms with Crippen LogP contribution in [-0.4, -0.2) is 11.1 Å². The van der Waals surface area contributed by atoms with Gasteiger partial charge in [-0.25, -0.2) is 0 Å². The predicted octanol–water partition coefficient (Wildman–Crippen LogP) is 4.35. The monoisotopic (exact) mass is 312 g/mol. The molecule has 0 aliphatic heterocycles. The van der Waals surface area contributed by atoms with Crippen molar-refractivity contribution in [2.24, 2.45) is 5.92 Å². The lowest BCUT2D eigenvalue weighted by Gasteiger charge is -2.19. The molecule has 1 aromatic heterocycles. The van der Waals surface area contributed by atoms with Gasteiger partial charge >= 0.3 is 0 Å². The van der Waals surface area contributed by atoms with Crippen LogP contribution in [0.2, 0.25) is 0 Å². The molecular weight excluding hydrogens is 288 g/mol. The normalized spacial score (nSPS) is 17.7. The Morgan fingerprint density at radius 1 is 1.26 bits per heavy atom. The summed E-state index contributed by atoms with van der Waals surface area (Å²) in [4.78, 5) is 12.4. The van der Waals surface area contributed by atoms with Crippen LogP contribution >= 0.6 is 0 Å². The van der Waals surface area contributed by atoms with Gasteiger partial charge in [-0.15, -0.1) is 0 Å². The fourth-order valence-electron chi connectivity index (χ4n) is 2.98. The largest absolute Gasteiger partial charge is 0.338 e. The van der Waals surface area contributed by atoms with E-state index >= 15 is 0 Å². The van der Waals surface area contributed by atoms with Crippen LogP contribution in [0.1, 0.15) is 61.3 Å². The van der Waals surface area contributed by atoms with Crippen molar-refractivity contribution >= 4 is 11.8 Å². The average molecular weight is 312 g/mol. The molecule has 0 bridgehead atoms. The molecular formula is C19H24N2O2. The molecule has 1 heterocycles. The summed E-state index contributed by atoms with van der Waals surface area (Å²) in [6.07, 6.45) is 2.97. The number of carbonyl (C=O) groups is 1. The minimum absolute atomic E-state index is 0.0785. The number of benzene rings is 1. The maximum Gasteiger partial charge on any atom is 0.258 e. The molecule has 0 unspecified atom stereocenters. The number of aryl methyl sites for hydroxylation is 1. The molecule has 122 valence electrons. The summed E-state index contributed by atoms with van der Waals surface area (Å²) in [7, 11) is 0. The highest BCUT2D eigenvalue weighted by Gasteiger charge is 2.24. The number of nitrogens with zero attached hydrogens (tertiary/aromatic N) is 1. The van der Waals surface area contributed by atoms with Crippen LogP contribution in [0.4, 0.5) is 5.88 Å². The van der Waals surface area contributed by atoms with Gasteiger partial charge in [-0.1, -0.05) is 45.0 Å². The minimum atomic E-state index is -0.150. The van der Waals surface area contributed by atoms with E-state index in [4.69, 9.17) is 4.52 Å². The van der Waals surface area contributed by atoms with Crippen molar-refractivity contribution in [2.45, 2.75) is 52.4 Å². The zero-order chi connectivity index (χ0) is 16.6. The molecule has 4 heteroatoms. The summed E-state index contributed by atoms with van der Waals surface area (Å²) < 4.78 is 5.35. The van der Waals surface area contributed by atoms with Gasteiger partial charge in [0.2, 0.25) is 5.88 Å². The molecule has 2 aromatic rings. The lowest BCUT2D eigenvalue weighted by molar-refractivity contribution is 0.102.